The van der Waals surface area contributed by atoms with Crippen LogP contribution in [-0.2, 0) is 4.79 Å². The van der Waals surface area contributed by atoms with E-state index in [9.17, 15) is 4.79 Å². The van der Waals surface area contributed by atoms with Crippen LogP contribution in [-0.4, -0.2) is 73.0 Å². The van der Waals surface area contributed by atoms with Crippen molar-refractivity contribution in [2.24, 2.45) is 17.3 Å². The van der Waals surface area contributed by atoms with E-state index in [4.69, 9.17) is 0 Å². The fraction of sp³-hybridized carbons (Fsp3) is 0.950. The van der Waals surface area contributed by atoms with Gasteiger partial charge in [0.15, 0.2) is 0 Å². The van der Waals surface area contributed by atoms with Gasteiger partial charge in [0.25, 0.3) is 0 Å². The van der Waals surface area contributed by atoms with Gasteiger partial charge < -0.3 is 9.80 Å². The van der Waals surface area contributed by atoms with Crippen molar-refractivity contribution >= 4 is 6.41 Å². The van der Waals surface area contributed by atoms with Gasteiger partial charge in [-0.25, -0.2) is 0 Å². The predicted molar refractivity (Wildman–Crippen MR) is 98.9 cm³/mol. The predicted octanol–water partition coefficient (Wildman–Crippen LogP) is 2.69. The van der Waals surface area contributed by atoms with Gasteiger partial charge in [-0.3, -0.25) is 9.69 Å². The average Bonchev–Trinajstić information content (AvgIpc) is 2.50. The lowest BCUT2D eigenvalue weighted by Gasteiger charge is -2.63. The standard InChI is InChI=1S/C20H37N3O/c1-16(2)17(3)5-8-21(4)19-11-20(12-19)13-23(14-20)18-6-9-22(15-24)10-7-18/h15-19H,5-14H2,1-4H3. The normalized spacial score (nSPS) is 26.7. The Bertz CT molecular complexity index is 417. The summed E-state index contributed by atoms with van der Waals surface area (Å²) >= 11 is 0. The minimum absolute atomic E-state index is 0.643. The van der Waals surface area contributed by atoms with Gasteiger partial charge in [-0.15, -0.1) is 0 Å². The van der Waals surface area contributed by atoms with E-state index < -0.39 is 0 Å². The van der Waals surface area contributed by atoms with Crippen molar-refractivity contribution < 1.29 is 4.79 Å². The van der Waals surface area contributed by atoms with Gasteiger partial charge in [0.05, 0.1) is 0 Å². The summed E-state index contributed by atoms with van der Waals surface area (Å²) in [5.74, 6) is 1.63. The molecule has 1 aliphatic carbocycles. The Morgan fingerprint density at radius 1 is 1.17 bits per heavy atom. The Morgan fingerprint density at radius 3 is 2.33 bits per heavy atom. The highest BCUT2D eigenvalue weighted by Crippen LogP contribution is 2.51. The molecule has 1 amide bonds. The third kappa shape index (κ3) is 3.80. The van der Waals surface area contributed by atoms with Crippen LogP contribution in [0.1, 0.15) is 52.9 Å². The highest BCUT2D eigenvalue weighted by molar-refractivity contribution is 5.47. The van der Waals surface area contributed by atoms with E-state index in [1.807, 2.05) is 4.90 Å². The molecule has 0 aromatic rings. The van der Waals surface area contributed by atoms with E-state index in [-0.39, 0.29) is 0 Å². The van der Waals surface area contributed by atoms with Crippen molar-refractivity contribution in [2.45, 2.75) is 65.0 Å². The summed E-state index contributed by atoms with van der Waals surface area (Å²) in [6.07, 6.45) is 7.50. The maximum absolute atomic E-state index is 10.8. The van der Waals surface area contributed by atoms with Gasteiger partial charge in [-0.05, 0) is 62.9 Å². The first kappa shape index (κ1) is 18.2. The topological polar surface area (TPSA) is 26.8 Å². The molecule has 138 valence electrons. The molecule has 4 nitrogen and oxygen atoms in total. The van der Waals surface area contributed by atoms with Gasteiger partial charge >= 0.3 is 0 Å². The van der Waals surface area contributed by atoms with Crippen LogP contribution >= 0.6 is 0 Å². The lowest BCUT2D eigenvalue weighted by atomic mass is 9.59. The number of hydrogen-bond acceptors (Lipinski definition) is 3. The molecule has 1 unspecified atom stereocenters. The highest BCUT2D eigenvalue weighted by atomic mass is 16.1. The fourth-order valence-corrected chi connectivity index (χ4v) is 4.86. The Kier molecular flexibility index (Phi) is 5.55. The number of likely N-dealkylation sites (tertiary alicyclic amines) is 2. The number of piperidine rings is 1. The first-order valence-electron chi connectivity index (χ1n) is 10.1. The van der Waals surface area contributed by atoms with E-state index >= 15 is 0 Å². The molecule has 0 bridgehead atoms. The average molecular weight is 336 g/mol. The molecule has 0 aromatic carbocycles. The van der Waals surface area contributed by atoms with Crippen LogP contribution in [0.15, 0.2) is 0 Å². The van der Waals surface area contributed by atoms with E-state index in [0.29, 0.717) is 5.41 Å². The molecular formula is C20H37N3O. The van der Waals surface area contributed by atoms with E-state index in [1.165, 1.54) is 51.7 Å². The first-order chi connectivity index (χ1) is 11.4. The maximum atomic E-state index is 10.8. The Hall–Kier alpha value is -0.610. The van der Waals surface area contributed by atoms with Crippen LogP contribution in [0.25, 0.3) is 0 Å². The van der Waals surface area contributed by atoms with Gasteiger partial charge in [0.1, 0.15) is 0 Å². The summed E-state index contributed by atoms with van der Waals surface area (Å²) in [7, 11) is 2.33. The van der Waals surface area contributed by atoms with E-state index in [0.717, 1.165) is 43.4 Å². The SMILES string of the molecule is CC(C)C(C)CCN(C)C1CC2(C1)CN(C1CCN(C=O)CC1)C2. The molecule has 0 aromatic heterocycles. The van der Waals surface area contributed by atoms with E-state index in [1.54, 1.807) is 0 Å². The number of hydrogen-bond donors (Lipinski definition) is 0. The van der Waals surface area contributed by atoms with Crippen LogP contribution in [0.4, 0.5) is 0 Å². The first-order valence-corrected chi connectivity index (χ1v) is 10.1. The molecule has 24 heavy (non-hydrogen) atoms. The van der Waals surface area contributed by atoms with Crippen LogP contribution in [0.5, 0.6) is 0 Å². The van der Waals surface area contributed by atoms with Crippen LogP contribution < -0.4 is 0 Å². The molecule has 3 rings (SSSR count). The zero-order valence-corrected chi connectivity index (χ0v) is 16.2. The van der Waals surface area contributed by atoms with Crippen molar-refractivity contribution in [3.63, 3.8) is 0 Å². The molecular weight excluding hydrogens is 298 g/mol. The van der Waals surface area contributed by atoms with E-state index in [2.05, 4.69) is 37.6 Å². The van der Waals surface area contributed by atoms with Gasteiger partial charge in [-0.1, -0.05) is 20.8 Å². The molecule has 2 heterocycles. The summed E-state index contributed by atoms with van der Waals surface area (Å²) in [4.78, 5) is 18.1. The van der Waals surface area contributed by atoms with Gasteiger partial charge in [-0.2, -0.15) is 0 Å². The quantitative estimate of drug-likeness (QED) is 0.669. The summed E-state index contributed by atoms with van der Waals surface area (Å²) in [6, 6.07) is 1.55. The largest absolute Gasteiger partial charge is 0.345 e. The molecule has 1 spiro atoms. The lowest BCUT2D eigenvalue weighted by molar-refractivity contribution is -0.133. The molecule has 2 aliphatic heterocycles. The van der Waals surface area contributed by atoms with Crippen molar-refractivity contribution in [2.75, 3.05) is 39.8 Å². The Labute approximate surface area is 148 Å². The number of carbonyl (C=O) groups is 1. The highest BCUT2D eigenvalue weighted by Gasteiger charge is 2.54. The Balaban J connectivity index is 1.34. The minimum Gasteiger partial charge on any atom is -0.345 e. The van der Waals surface area contributed by atoms with Crippen molar-refractivity contribution in [1.82, 2.24) is 14.7 Å². The summed E-state index contributed by atoms with van der Waals surface area (Å²) < 4.78 is 0. The molecule has 2 saturated heterocycles. The lowest BCUT2D eigenvalue weighted by Crippen LogP contribution is -2.68. The zero-order valence-electron chi connectivity index (χ0n) is 16.2. The molecule has 1 saturated carbocycles. The molecule has 4 heteroatoms. The monoisotopic (exact) mass is 335 g/mol. The van der Waals surface area contributed by atoms with Crippen LogP contribution in [0.3, 0.4) is 0 Å². The summed E-state index contributed by atoms with van der Waals surface area (Å²) in [5, 5.41) is 0. The van der Waals surface area contributed by atoms with Crippen molar-refractivity contribution in [1.29, 1.82) is 0 Å². The minimum atomic E-state index is 0.643. The smallest absolute Gasteiger partial charge is 0.209 e. The molecule has 3 aliphatic rings. The van der Waals surface area contributed by atoms with Gasteiger partial charge in [0.2, 0.25) is 6.41 Å². The number of nitrogens with zero attached hydrogens (tertiary/aromatic N) is 3. The second-order valence-electron chi connectivity index (χ2n) is 9.33. The fourth-order valence-electron chi connectivity index (χ4n) is 4.86. The number of carbonyl (C=O) groups excluding carboxylic acids is 1. The maximum Gasteiger partial charge on any atom is 0.209 e. The van der Waals surface area contributed by atoms with Crippen LogP contribution in [0.2, 0.25) is 0 Å². The van der Waals surface area contributed by atoms with Crippen molar-refractivity contribution in [3.8, 4) is 0 Å². The third-order valence-electron chi connectivity index (χ3n) is 7.28. The number of rotatable bonds is 7. The summed E-state index contributed by atoms with van der Waals surface area (Å²) in [6.45, 7) is 12.9. The summed E-state index contributed by atoms with van der Waals surface area (Å²) in [5.41, 5.74) is 0.643. The Morgan fingerprint density at radius 2 is 1.79 bits per heavy atom. The molecule has 3 fully saturated rings. The molecule has 0 radical (unpaired) electrons. The van der Waals surface area contributed by atoms with Gasteiger partial charge in [0, 0.05) is 38.3 Å². The molecule has 1 atom stereocenters. The van der Waals surface area contributed by atoms with Crippen molar-refractivity contribution in [3.05, 3.63) is 0 Å². The second-order valence-corrected chi connectivity index (χ2v) is 9.33. The molecule has 0 N–H and O–H groups in total. The second kappa shape index (κ2) is 7.33. The van der Waals surface area contributed by atoms with Crippen LogP contribution in [0, 0.1) is 17.3 Å². The zero-order chi connectivity index (χ0) is 17.3. The number of amides is 1. The third-order valence-corrected chi connectivity index (χ3v) is 7.28.